The van der Waals surface area contributed by atoms with Crippen LogP contribution < -0.4 is 0 Å². The van der Waals surface area contributed by atoms with Crippen molar-refractivity contribution in [2.45, 2.75) is 39.2 Å². The first-order valence-corrected chi connectivity index (χ1v) is 4.65. The Balaban J connectivity index is 3.64. The van der Waals surface area contributed by atoms with Crippen LogP contribution in [0.4, 0.5) is 0 Å². The molecule has 0 fully saturated rings. The molecule has 0 saturated carbocycles. The second kappa shape index (κ2) is 7.73. The molecule has 0 aromatic rings. The zero-order valence-corrected chi connectivity index (χ0v) is 8.31. The molecule has 0 bridgehead atoms. The number of rotatable bonds is 6. The molecule has 0 aliphatic heterocycles. The topological polar surface area (TPSA) is 58.7 Å². The summed E-state index contributed by atoms with van der Waals surface area (Å²) >= 11 is 0. The smallest absolute Gasteiger partial charge is 0.205 e. The van der Waals surface area contributed by atoms with Crippen LogP contribution in [0.15, 0.2) is 17.4 Å². The fourth-order valence-corrected chi connectivity index (χ4v) is 0.732. The van der Waals surface area contributed by atoms with Crippen LogP contribution in [0.25, 0.3) is 0 Å². The van der Waals surface area contributed by atoms with E-state index in [0.29, 0.717) is 4.86 Å². The molecule has 4 nitrogen and oxygen atoms in total. The molecule has 76 valence electrons. The van der Waals surface area contributed by atoms with Crippen molar-refractivity contribution in [3.05, 3.63) is 17.5 Å². The van der Waals surface area contributed by atoms with E-state index in [0.717, 1.165) is 19.3 Å². The van der Waals surface area contributed by atoms with Crippen molar-refractivity contribution in [1.29, 1.82) is 0 Å². The third-order valence-electron chi connectivity index (χ3n) is 1.44. The third kappa shape index (κ3) is 9.01. The van der Waals surface area contributed by atoms with Crippen LogP contribution in [0.1, 0.15) is 33.1 Å². The number of hydrogen-bond donors (Lipinski definition) is 1. The predicted octanol–water partition coefficient (Wildman–Crippen LogP) is 2.03. The molecule has 1 unspecified atom stereocenters. The molecule has 0 aliphatic rings. The number of nitrogens with zero attached hydrogens (tertiary/aromatic N) is 2. The van der Waals surface area contributed by atoms with Gasteiger partial charge in [0.2, 0.25) is 6.20 Å². The minimum absolute atomic E-state index is 0.154. The number of hydroxylamine groups is 1. The Morgan fingerprint density at radius 1 is 1.62 bits per heavy atom. The van der Waals surface area contributed by atoms with Crippen molar-refractivity contribution in [3.63, 3.8) is 0 Å². The molecule has 1 atom stereocenters. The summed E-state index contributed by atoms with van der Waals surface area (Å²) in [6, 6.07) is 0. The Bertz CT molecular complexity index is 176. The number of unbranched alkanes of at least 4 members (excludes halogenated alkanes) is 2. The number of aliphatic hydroxyl groups is 1. The highest BCUT2D eigenvalue weighted by Crippen LogP contribution is 1.95. The van der Waals surface area contributed by atoms with Gasteiger partial charge >= 0.3 is 0 Å². The van der Waals surface area contributed by atoms with E-state index < -0.39 is 6.10 Å². The Morgan fingerprint density at radius 3 is 2.85 bits per heavy atom. The summed E-state index contributed by atoms with van der Waals surface area (Å²) in [5, 5.41) is 23.3. The molecular weight excluding hydrogens is 168 g/mol. The van der Waals surface area contributed by atoms with Gasteiger partial charge < -0.3 is 10.3 Å². The van der Waals surface area contributed by atoms with E-state index in [1.807, 2.05) is 0 Å². The molecule has 0 radical (unpaired) electrons. The van der Waals surface area contributed by atoms with Crippen molar-refractivity contribution in [2.75, 3.05) is 6.54 Å². The monoisotopic (exact) mass is 186 g/mol. The zero-order valence-electron chi connectivity index (χ0n) is 8.31. The fraction of sp³-hybridized carbons (Fsp3) is 0.778. The standard InChI is InChI=1S/C9H18N2O2/c1-3-4-5-6-7-11(13)10-8-9(2)12/h6-7,9,12H,3-5,8H2,1-2H3. The first-order valence-electron chi connectivity index (χ1n) is 4.65. The van der Waals surface area contributed by atoms with Crippen molar-refractivity contribution in [3.8, 4) is 0 Å². The van der Waals surface area contributed by atoms with Crippen LogP contribution in [0.2, 0.25) is 0 Å². The van der Waals surface area contributed by atoms with Gasteiger partial charge in [0.25, 0.3) is 0 Å². The van der Waals surface area contributed by atoms with E-state index in [4.69, 9.17) is 5.11 Å². The average Bonchev–Trinajstić information content (AvgIpc) is 2.09. The molecule has 0 aromatic heterocycles. The van der Waals surface area contributed by atoms with Crippen LogP contribution >= 0.6 is 0 Å². The van der Waals surface area contributed by atoms with Crippen molar-refractivity contribution in [1.82, 2.24) is 0 Å². The zero-order chi connectivity index (χ0) is 10.1. The lowest BCUT2D eigenvalue weighted by Gasteiger charge is -1.96. The maximum atomic E-state index is 10.9. The second-order valence-electron chi connectivity index (χ2n) is 3.00. The maximum absolute atomic E-state index is 10.9. The Morgan fingerprint density at radius 2 is 2.31 bits per heavy atom. The first kappa shape index (κ1) is 12.1. The lowest BCUT2D eigenvalue weighted by atomic mass is 10.2. The molecule has 4 heteroatoms. The third-order valence-corrected chi connectivity index (χ3v) is 1.44. The van der Waals surface area contributed by atoms with Gasteiger partial charge in [-0.2, -0.15) is 0 Å². The summed E-state index contributed by atoms with van der Waals surface area (Å²) in [6.45, 7) is 3.85. The number of azo groups is 1. The minimum Gasteiger partial charge on any atom is -0.595 e. The van der Waals surface area contributed by atoms with E-state index in [1.54, 1.807) is 13.0 Å². The van der Waals surface area contributed by atoms with E-state index in [1.165, 1.54) is 6.20 Å². The number of aliphatic hydroxyl groups excluding tert-OH is 1. The fourth-order valence-electron chi connectivity index (χ4n) is 0.732. The molecule has 0 amide bonds. The van der Waals surface area contributed by atoms with Crippen molar-refractivity contribution >= 4 is 0 Å². The van der Waals surface area contributed by atoms with E-state index in [9.17, 15) is 5.21 Å². The van der Waals surface area contributed by atoms with Gasteiger partial charge in [-0.15, -0.1) is 0 Å². The van der Waals surface area contributed by atoms with E-state index in [-0.39, 0.29) is 6.54 Å². The van der Waals surface area contributed by atoms with Gasteiger partial charge in [-0.05, 0) is 31.0 Å². The summed E-state index contributed by atoms with van der Waals surface area (Å²) in [6.07, 6.45) is 5.73. The molecule has 0 aromatic carbocycles. The van der Waals surface area contributed by atoms with Crippen LogP contribution in [-0.4, -0.2) is 22.6 Å². The largest absolute Gasteiger partial charge is 0.595 e. The number of hydrogen-bond acceptors (Lipinski definition) is 3. The average molecular weight is 186 g/mol. The molecule has 0 heterocycles. The number of allylic oxidation sites excluding steroid dienone is 1. The Labute approximate surface area is 79.2 Å². The molecule has 0 spiro atoms. The summed E-state index contributed by atoms with van der Waals surface area (Å²) in [7, 11) is 0. The van der Waals surface area contributed by atoms with Crippen LogP contribution in [-0.2, 0) is 0 Å². The van der Waals surface area contributed by atoms with Gasteiger partial charge in [-0.1, -0.05) is 18.2 Å². The summed E-state index contributed by atoms with van der Waals surface area (Å²) in [5.74, 6) is 0. The molecular formula is C9H18N2O2. The van der Waals surface area contributed by atoms with Crippen molar-refractivity contribution < 1.29 is 9.97 Å². The molecule has 0 aliphatic carbocycles. The van der Waals surface area contributed by atoms with Crippen molar-refractivity contribution in [2.24, 2.45) is 5.11 Å². The second-order valence-corrected chi connectivity index (χ2v) is 3.00. The first-order chi connectivity index (χ1) is 6.16. The molecule has 0 rings (SSSR count). The lowest BCUT2D eigenvalue weighted by Crippen LogP contribution is -2.06. The van der Waals surface area contributed by atoms with Gasteiger partial charge in [-0.25, -0.2) is 0 Å². The van der Waals surface area contributed by atoms with Crippen LogP contribution in [0, 0.1) is 5.21 Å². The van der Waals surface area contributed by atoms with E-state index in [2.05, 4.69) is 12.0 Å². The van der Waals surface area contributed by atoms with E-state index >= 15 is 0 Å². The quantitative estimate of drug-likeness (QED) is 0.298. The van der Waals surface area contributed by atoms with Crippen LogP contribution in [0.5, 0.6) is 0 Å². The Kier molecular flexibility index (Phi) is 7.20. The van der Waals surface area contributed by atoms with Gasteiger partial charge in [0.1, 0.15) is 6.54 Å². The highest BCUT2D eigenvalue weighted by atomic mass is 16.5. The minimum atomic E-state index is -0.555. The highest BCUT2D eigenvalue weighted by Gasteiger charge is 1.95. The van der Waals surface area contributed by atoms with Crippen LogP contribution in [0.3, 0.4) is 0 Å². The van der Waals surface area contributed by atoms with Gasteiger partial charge in [0.15, 0.2) is 0 Å². The summed E-state index contributed by atoms with van der Waals surface area (Å²) in [4.78, 5) is 0.502. The lowest BCUT2D eigenvalue weighted by molar-refractivity contribution is -0.460. The SMILES string of the molecule is CCCCC=C[N+]([O-])=NCC(C)O. The summed E-state index contributed by atoms with van der Waals surface area (Å²) < 4.78 is 0. The normalized spacial score (nSPS) is 15.2. The Hall–Kier alpha value is -0.900. The maximum Gasteiger partial charge on any atom is 0.205 e. The molecule has 13 heavy (non-hydrogen) atoms. The van der Waals surface area contributed by atoms with Gasteiger partial charge in [0.05, 0.1) is 6.10 Å². The predicted molar refractivity (Wildman–Crippen MR) is 51.3 cm³/mol. The summed E-state index contributed by atoms with van der Waals surface area (Å²) in [5.41, 5.74) is 0. The van der Waals surface area contributed by atoms with Gasteiger partial charge in [0, 0.05) is 0 Å². The molecule has 0 saturated heterocycles. The molecule has 1 N–H and O–H groups in total. The van der Waals surface area contributed by atoms with Gasteiger partial charge in [-0.3, -0.25) is 0 Å². The highest BCUT2D eigenvalue weighted by molar-refractivity contribution is 4.71.